The Bertz CT molecular complexity index is 388. The van der Waals surface area contributed by atoms with E-state index in [4.69, 9.17) is 15.2 Å². The van der Waals surface area contributed by atoms with Crippen LogP contribution in [0.4, 0.5) is 0 Å². The predicted molar refractivity (Wildman–Crippen MR) is 86.0 cm³/mol. The first kappa shape index (κ1) is 17.8. The van der Waals surface area contributed by atoms with Gasteiger partial charge in [-0.15, -0.1) is 0 Å². The number of unbranched alkanes of at least 4 members (excludes halogenated alkanes) is 2. The second kappa shape index (κ2) is 9.68. The fraction of sp³-hybridized carbons (Fsp3) is 0.786. The molecule has 0 saturated carbocycles. The summed E-state index contributed by atoms with van der Waals surface area (Å²) < 4.78 is 10.9. The van der Waals surface area contributed by atoms with E-state index in [0.29, 0.717) is 19.4 Å². The van der Waals surface area contributed by atoms with Crippen LogP contribution in [0.15, 0.2) is 5.10 Å². The van der Waals surface area contributed by atoms with Crippen molar-refractivity contribution in [3.05, 3.63) is 0 Å². The summed E-state index contributed by atoms with van der Waals surface area (Å²) in [6.45, 7) is 5.19. The Labute approximate surface area is 131 Å². The highest BCUT2D eigenvalue weighted by molar-refractivity contribution is 7.80. The topological polar surface area (TPSA) is 85.9 Å². The zero-order valence-corrected chi connectivity index (χ0v) is 13.6. The Kier molecular flexibility index (Phi) is 8.22. The van der Waals surface area contributed by atoms with Gasteiger partial charge in [-0.25, -0.2) is 0 Å². The normalized spacial score (nSPS) is 22.2. The van der Waals surface area contributed by atoms with Crippen LogP contribution in [0.5, 0.6) is 0 Å². The molecule has 21 heavy (non-hydrogen) atoms. The van der Waals surface area contributed by atoms with Gasteiger partial charge in [0, 0.05) is 25.2 Å². The van der Waals surface area contributed by atoms with Crippen LogP contribution in [-0.4, -0.2) is 36.1 Å². The first-order valence-electron chi connectivity index (χ1n) is 7.39. The molecular formula is C14H25N3O3S. The molecule has 0 aromatic carbocycles. The van der Waals surface area contributed by atoms with Crippen molar-refractivity contribution in [3.8, 4) is 0 Å². The Balaban J connectivity index is 2.27. The molecule has 120 valence electrons. The Morgan fingerprint density at radius 3 is 3.00 bits per heavy atom. The maximum atomic E-state index is 11.8. The van der Waals surface area contributed by atoms with Gasteiger partial charge < -0.3 is 15.2 Å². The summed E-state index contributed by atoms with van der Waals surface area (Å²) in [5, 5.41) is 4.12. The van der Waals surface area contributed by atoms with E-state index in [1.807, 2.05) is 6.92 Å². The van der Waals surface area contributed by atoms with Crippen LogP contribution in [0.1, 0.15) is 46.0 Å². The number of nitrogens with two attached hydrogens (primary N) is 1. The summed E-state index contributed by atoms with van der Waals surface area (Å²) in [7, 11) is 0. The van der Waals surface area contributed by atoms with E-state index in [9.17, 15) is 4.79 Å². The molecule has 0 aliphatic carbocycles. The maximum absolute atomic E-state index is 11.8. The fourth-order valence-electron chi connectivity index (χ4n) is 2.21. The molecule has 2 atom stereocenters. The van der Waals surface area contributed by atoms with Crippen molar-refractivity contribution in [1.29, 1.82) is 0 Å². The number of rotatable bonds is 9. The lowest BCUT2D eigenvalue weighted by Gasteiger charge is -2.09. The lowest BCUT2D eigenvalue weighted by molar-refractivity contribution is -0.146. The van der Waals surface area contributed by atoms with E-state index >= 15 is 0 Å². The number of carbonyl (C=O) groups excluding carboxylic acids is 1. The standard InChI is InChI=1S/C14H25N3O3S/c1-3-4-5-6-19-9-12-8-11(13(18)20-12)7-10(2)16-17-14(15)21/h11-12H,3-9H2,1-2H3,(H3,15,17,21)/b16-10-/t11-,12+/m1/s1. The minimum atomic E-state index is -0.179. The Morgan fingerprint density at radius 2 is 2.33 bits per heavy atom. The van der Waals surface area contributed by atoms with Crippen LogP contribution in [0.25, 0.3) is 0 Å². The van der Waals surface area contributed by atoms with Gasteiger partial charge in [0.15, 0.2) is 5.11 Å². The Hall–Kier alpha value is -1.21. The summed E-state index contributed by atoms with van der Waals surface area (Å²) in [6.07, 6.45) is 4.46. The number of nitrogens with one attached hydrogen (secondary N) is 1. The van der Waals surface area contributed by atoms with E-state index < -0.39 is 0 Å². The van der Waals surface area contributed by atoms with E-state index in [2.05, 4.69) is 29.7 Å². The molecule has 0 bridgehead atoms. The molecule has 1 aliphatic rings. The van der Waals surface area contributed by atoms with Crippen molar-refractivity contribution >= 4 is 29.0 Å². The predicted octanol–water partition coefficient (Wildman–Crippen LogP) is 1.72. The molecule has 1 aliphatic heterocycles. The first-order valence-corrected chi connectivity index (χ1v) is 7.80. The van der Waals surface area contributed by atoms with Gasteiger partial charge in [-0.1, -0.05) is 19.8 Å². The molecule has 7 heteroatoms. The van der Waals surface area contributed by atoms with Gasteiger partial charge in [0.1, 0.15) is 6.10 Å². The second-order valence-electron chi connectivity index (χ2n) is 5.30. The molecule has 1 heterocycles. The van der Waals surface area contributed by atoms with Crippen LogP contribution in [0, 0.1) is 5.92 Å². The number of ether oxygens (including phenoxy) is 2. The van der Waals surface area contributed by atoms with Crippen molar-refractivity contribution in [2.75, 3.05) is 13.2 Å². The van der Waals surface area contributed by atoms with Gasteiger partial charge in [-0.3, -0.25) is 10.2 Å². The molecule has 0 aromatic heterocycles. The highest BCUT2D eigenvalue weighted by Crippen LogP contribution is 2.24. The third-order valence-electron chi connectivity index (χ3n) is 3.26. The van der Waals surface area contributed by atoms with Crippen molar-refractivity contribution in [3.63, 3.8) is 0 Å². The average molecular weight is 315 g/mol. The van der Waals surface area contributed by atoms with Crippen LogP contribution in [-0.2, 0) is 14.3 Å². The van der Waals surface area contributed by atoms with Gasteiger partial charge >= 0.3 is 5.97 Å². The monoisotopic (exact) mass is 315 g/mol. The molecule has 6 nitrogen and oxygen atoms in total. The lowest BCUT2D eigenvalue weighted by Crippen LogP contribution is -2.25. The zero-order chi connectivity index (χ0) is 15.7. The minimum Gasteiger partial charge on any atom is -0.460 e. The molecule has 0 unspecified atom stereocenters. The van der Waals surface area contributed by atoms with Crippen LogP contribution >= 0.6 is 12.2 Å². The van der Waals surface area contributed by atoms with Gasteiger partial charge in [0.05, 0.1) is 12.5 Å². The zero-order valence-electron chi connectivity index (χ0n) is 12.8. The average Bonchev–Trinajstić information content (AvgIpc) is 2.76. The molecule has 1 saturated heterocycles. The van der Waals surface area contributed by atoms with Crippen LogP contribution in [0.3, 0.4) is 0 Å². The van der Waals surface area contributed by atoms with Crippen LogP contribution in [0.2, 0.25) is 0 Å². The van der Waals surface area contributed by atoms with E-state index in [1.165, 1.54) is 12.8 Å². The van der Waals surface area contributed by atoms with Gasteiger partial charge in [0.25, 0.3) is 0 Å². The number of hydrogen-bond acceptors (Lipinski definition) is 5. The quantitative estimate of drug-likeness (QED) is 0.221. The molecule has 0 spiro atoms. The molecule has 0 radical (unpaired) electrons. The molecule has 3 N–H and O–H groups in total. The van der Waals surface area contributed by atoms with E-state index in [-0.39, 0.29) is 23.1 Å². The number of nitrogens with zero attached hydrogens (tertiary/aromatic N) is 1. The highest BCUT2D eigenvalue weighted by atomic mass is 32.1. The Morgan fingerprint density at radius 1 is 1.57 bits per heavy atom. The number of cyclic esters (lactones) is 1. The third-order valence-corrected chi connectivity index (χ3v) is 3.35. The maximum Gasteiger partial charge on any atom is 0.309 e. The summed E-state index contributed by atoms with van der Waals surface area (Å²) in [5.74, 6) is -0.340. The van der Waals surface area contributed by atoms with Gasteiger partial charge in [-0.2, -0.15) is 5.10 Å². The number of hydrazone groups is 1. The molecular weight excluding hydrogens is 290 g/mol. The number of esters is 1. The lowest BCUT2D eigenvalue weighted by atomic mass is 9.99. The van der Waals surface area contributed by atoms with Gasteiger partial charge in [-0.05, 0) is 25.6 Å². The largest absolute Gasteiger partial charge is 0.460 e. The number of thiocarbonyl (C=S) groups is 1. The van der Waals surface area contributed by atoms with Crippen molar-refractivity contribution in [2.24, 2.45) is 16.8 Å². The van der Waals surface area contributed by atoms with E-state index in [1.54, 1.807) is 0 Å². The first-order chi connectivity index (χ1) is 10.0. The van der Waals surface area contributed by atoms with Crippen molar-refractivity contribution in [2.45, 2.75) is 52.1 Å². The molecule has 0 aromatic rings. The number of carbonyl (C=O) groups is 1. The summed E-state index contributed by atoms with van der Waals surface area (Å²) in [5.41, 5.74) is 8.58. The smallest absolute Gasteiger partial charge is 0.309 e. The third kappa shape index (κ3) is 7.38. The summed E-state index contributed by atoms with van der Waals surface area (Å²) >= 11 is 4.67. The summed E-state index contributed by atoms with van der Waals surface area (Å²) in [4.78, 5) is 11.8. The second-order valence-corrected chi connectivity index (χ2v) is 5.74. The molecule has 0 amide bonds. The van der Waals surface area contributed by atoms with Gasteiger partial charge in [0.2, 0.25) is 0 Å². The SMILES string of the molecule is CCCCCOC[C@@H]1C[C@@H](C/C(C)=N\NC(N)=S)C(=O)O1. The number of hydrogen-bond donors (Lipinski definition) is 2. The highest BCUT2D eigenvalue weighted by Gasteiger charge is 2.34. The van der Waals surface area contributed by atoms with Crippen molar-refractivity contribution in [1.82, 2.24) is 5.43 Å². The van der Waals surface area contributed by atoms with Crippen LogP contribution < -0.4 is 11.2 Å². The molecule has 1 fully saturated rings. The molecule has 1 rings (SSSR count). The van der Waals surface area contributed by atoms with Crippen molar-refractivity contribution < 1.29 is 14.3 Å². The fourth-order valence-corrected chi connectivity index (χ4v) is 2.26. The minimum absolute atomic E-state index is 0.113. The summed E-state index contributed by atoms with van der Waals surface area (Å²) in [6, 6.07) is 0. The van der Waals surface area contributed by atoms with E-state index in [0.717, 1.165) is 18.7 Å².